The summed E-state index contributed by atoms with van der Waals surface area (Å²) in [5.74, 6) is -0.882. The molecule has 6 nitrogen and oxygen atoms in total. The lowest BCUT2D eigenvalue weighted by Gasteiger charge is -2.36. The number of nitrogens with two attached hydrogens (primary N) is 1. The maximum Gasteiger partial charge on any atom is 0.306 e. The molecular weight excluding hydrogens is 272 g/mol. The molecule has 3 N–H and O–H groups in total. The first-order valence-electron chi connectivity index (χ1n) is 6.91. The number of carbonyl (C=O) groups excluding carboxylic acids is 1. The Morgan fingerprint density at radius 2 is 2.14 bits per heavy atom. The first kappa shape index (κ1) is 15.2. The molecule has 1 heterocycles. The van der Waals surface area contributed by atoms with Gasteiger partial charge < -0.3 is 20.5 Å². The van der Waals surface area contributed by atoms with Crippen molar-refractivity contribution in [1.82, 2.24) is 4.90 Å². The second kappa shape index (κ2) is 6.03. The van der Waals surface area contributed by atoms with Crippen LogP contribution in [0.1, 0.15) is 30.1 Å². The topological polar surface area (TPSA) is 92.9 Å². The van der Waals surface area contributed by atoms with Gasteiger partial charge >= 0.3 is 5.97 Å². The number of likely N-dealkylation sites (tertiary alicyclic amines) is 1. The van der Waals surface area contributed by atoms with Crippen LogP contribution in [0.5, 0.6) is 5.75 Å². The van der Waals surface area contributed by atoms with Gasteiger partial charge in [0.2, 0.25) is 0 Å². The molecule has 0 saturated carbocycles. The maximum atomic E-state index is 12.6. The standard InChI is InChI=1S/C15H20N2O4/c1-9-7-10(15(19)20)5-6-17(9)14(18)12-4-3-11(16)8-13(12)21-2/h3-4,8-10H,5-7,16H2,1-2H3,(H,19,20). The van der Waals surface area contributed by atoms with Crippen LogP contribution in [0.3, 0.4) is 0 Å². The quantitative estimate of drug-likeness (QED) is 0.825. The smallest absolute Gasteiger partial charge is 0.306 e. The zero-order valence-corrected chi connectivity index (χ0v) is 12.2. The number of nitrogen functional groups attached to an aromatic ring is 1. The largest absolute Gasteiger partial charge is 0.496 e. The summed E-state index contributed by atoms with van der Waals surface area (Å²) in [5, 5.41) is 9.07. The summed E-state index contributed by atoms with van der Waals surface area (Å²) in [6, 6.07) is 4.80. The van der Waals surface area contributed by atoms with Crippen LogP contribution in [0.4, 0.5) is 5.69 Å². The summed E-state index contributed by atoms with van der Waals surface area (Å²) < 4.78 is 5.21. The van der Waals surface area contributed by atoms with Gasteiger partial charge in [0.25, 0.3) is 5.91 Å². The van der Waals surface area contributed by atoms with Crippen LogP contribution in [0.2, 0.25) is 0 Å². The van der Waals surface area contributed by atoms with Crippen molar-refractivity contribution in [3.8, 4) is 5.75 Å². The van der Waals surface area contributed by atoms with Crippen LogP contribution in [0.15, 0.2) is 18.2 Å². The molecule has 114 valence electrons. The Labute approximate surface area is 123 Å². The maximum absolute atomic E-state index is 12.6. The van der Waals surface area contributed by atoms with Crippen molar-refractivity contribution in [1.29, 1.82) is 0 Å². The zero-order chi connectivity index (χ0) is 15.6. The van der Waals surface area contributed by atoms with Crippen molar-refractivity contribution in [3.63, 3.8) is 0 Å². The summed E-state index contributed by atoms with van der Waals surface area (Å²) in [6.45, 7) is 2.31. The number of piperidine rings is 1. The number of ether oxygens (including phenoxy) is 1. The highest BCUT2D eigenvalue weighted by molar-refractivity contribution is 5.97. The van der Waals surface area contributed by atoms with Gasteiger partial charge in [0.1, 0.15) is 5.75 Å². The molecule has 1 aromatic rings. The van der Waals surface area contributed by atoms with E-state index in [1.165, 1.54) is 7.11 Å². The van der Waals surface area contributed by atoms with Gasteiger partial charge in [-0.1, -0.05) is 0 Å². The van der Waals surface area contributed by atoms with E-state index in [1.807, 2.05) is 6.92 Å². The molecule has 0 bridgehead atoms. The van der Waals surface area contributed by atoms with Crippen LogP contribution in [0, 0.1) is 5.92 Å². The number of benzene rings is 1. The van der Waals surface area contributed by atoms with Crippen LogP contribution in [0.25, 0.3) is 0 Å². The van der Waals surface area contributed by atoms with E-state index < -0.39 is 5.97 Å². The molecule has 2 rings (SSSR count). The second-order valence-electron chi connectivity index (χ2n) is 5.37. The third-order valence-corrected chi connectivity index (χ3v) is 3.94. The summed E-state index contributed by atoms with van der Waals surface area (Å²) in [5.41, 5.74) is 6.67. The van der Waals surface area contributed by atoms with Crippen molar-refractivity contribution < 1.29 is 19.4 Å². The monoisotopic (exact) mass is 292 g/mol. The summed E-state index contributed by atoms with van der Waals surface area (Å²) >= 11 is 0. The number of rotatable bonds is 3. The van der Waals surface area contributed by atoms with E-state index in [2.05, 4.69) is 0 Å². The number of hydrogen-bond donors (Lipinski definition) is 2. The second-order valence-corrected chi connectivity index (χ2v) is 5.37. The molecule has 2 atom stereocenters. The van der Waals surface area contributed by atoms with Crippen molar-refractivity contribution >= 4 is 17.6 Å². The van der Waals surface area contributed by atoms with E-state index in [4.69, 9.17) is 15.6 Å². The van der Waals surface area contributed by atoms with Crippen molar-refractivity contribution in [2.45, 2.75) is 25.8 Å². The fraction of sp³-hybridized carbons (Fsp3) is 0.467. The van der Waals surface area contributed by atoms with E-state index in [9.17, 15) is 9.59 Å². The number of carboxylic acids is 1. The molecule has 1 aromatic carbocycles. The number of methoxy groups -OCH3 is 1. The van der Waals surface area contributed by atoms with Gasteiger partial charge in [-0.3, -0.25) is 9.59 Å². The molecule has 1 aliphatic heterocycles. The molecule has 21 heavy (non-hydrogen) atoms. The number of aliphatic carboxylic acids is 1. The highest BCUT2D eigenvalue weighted by atomic mass is 16.5. The van der Waals surface area contributed by atoms with E-state index in [-0.39, 0.29) is 17.9 Å². The zero-order valence-electron chi connectivity index (χ0n) is 12.2. The third kappa shape index (κ3) is 3.09. The molecule has 1 aliphatic rings. The highest BCUT2D eigenvalue weighted by Gasteiger charge is 2.33. The van der Waals surface area contributed by atoms with E-state index in [0.29, 0.717) is 36.4 Å². The molecule has 1 fully saturated rings. The average molecular weight is 292 g/mol. The Kier molecular flexibility index (Phi) is 4.35. The van der Waals surface area contributed by atoms with Crippen molar-refractivity contribution in [3.05, 3.63) is 23.8 Å². The molecule has 0 radical (unpaired) electrons. The van der Waals surface area contributed by atoms with Crippen LogP contribution in [-0.4, -0.2) is 41.6 Å². The number of hydrogen-bond acceptors (Lipinski definition) is 4. The van der Waals surface area contributed by atoms with Gasteiger partial charge in [-0.2, -0.15) is 0 Å². The number of carboxylic acid groups (broad SMARTS) is 1. The van der Waals surface area contributed by atoms with Gasteiger partial charge in [0.05, 0.1) is 18.6 Å². The van der Waals surface area contributed by atoms with Crippen LogP contribution in [-0.2, 0) is 4.79 Å². The average Bonchev–Trinajstić information content (AvgIpc) is 2.46. The predicted octanol–water partition coefficient (Wildman–Crippen LogP) is 1.60. The number of amides is 1. The molecule has 6 heteroatoms. The van der Waals surface area contributed by atoms with Crippen molar-refractivity contribution in [2.24, 2.45) is 5.92 Å². The number of carbonyl (C=O) groups is 2. The minimum atomic E-state index is -0.793. The number of nitrogens with zero attached hydrogens (tertiary/aromatic N) is 1. The molecule has 0 spiro atoms. The normalized spacial score (nSPS) is 21.9. The lowest BCUT2D eigenvalue weighted by Crippen LogP contribution is -2.46. The lowest BCUT2D eigenvalue weighted by molar-refractivity contribution is -0.143. The molecular formula is C15H20N2O4. The SMILES string of the molecule is COc1cc(N)ccc1C(=O)N1CCC(C(=O)O)CC1C. The number of anilines is 1. The first-order valence-corrected chi connectivity index (χ1v) is 6.91. The minimum absolute atomic E-state index is 0.116. The van der Waals surface area contributed by atoms with E-state index >= 15 is 0 Å². The Bertz CT molecular complexity index is 559. The van der Waals surface area contributed by atoms with E-state index in [1.54, 1.807) is 23.1 Å². The Hall–Kier alpha value is -2.24. The Morgan fingerprint density at radius 1 is 1.43 bits per heavy atom. The van der Waals surface area contributed by atoms with Crippen LogP contribution >= 0.6 is 0 Å². The third-order valence-electron chi connectivity index (χ3n) is 3.94. The fourth-order valence-electron chi connectivity index (χ4n) is 2.74. The fourth-order valence-corrected chi connectivity index (χ4v) is 2.74. The summed E-state index contributed by atoms with van der Waals surface area (Å²) in [6.07, 6.45) is 0.945. The molecule has 0 aliphatic carbocycles. The van der Waals surface area contributed by atoms with Crippen LogP contribution < -0.4 is 10.5 Å². The van der Waals surface area contributed by atoms with E-state index in [0.717, 1.165) is 0 Å². The Balaban J connectivity index is 2.19. The Morgan fingerprint density at radius 3 is 2.71 bits per heavy atom. The van der Waals surface area contributed by atoms with Gasteiger partial charge in [-0.25, -0.2) is 0 Å². The highest BCUT2D eigenvalue weighted by Crippen LogP contribution is 2.28. The summed E-state index contributed by atoms with van der Waals surface area (Å²) in [7, 11) is 1.49. The molecule has 0 aromatic heterocycles. The predicted molar refractivity (Wildman–Crippen MR) is 78.3 cm³/mol. The van der Waals surface area contributed by atoms with Gasteiger partial charge in [0, 0.05) is 24.3 Å². The molecule has 1 amide bonds. The van der Waals surface area contributed by atoms with Gasteiger partial charge in [-0.05, 0) is 31.9 Å². The summed E-state index contributed by atoms with van der Waals surface area (Å²) in [4.78, 5) is 25.4. The lowest BCUT2D eigenvalue weighted by atomic mass is 9.91. The molecule has 2 unspecified atom stereocenters. The van der Waals surface area contributed by atoms with Crippen molar-refractivity contribution in [2.75, 3.05) is 19.4 Å². The minimum Gasteiger partial charge on any atom is -0.496 e. The van der Waals surface area contributed by atoms with Gasteiger partial charge in [-0.15, -0.1) is 0 Å². The molecule has 1 saturated heterocycles. The first-order chi connectivity index (χ1) is 9.93. The van der Waals surface area contributed by atoms with Gasteiger partial charge in [0.15, 0.2) is 0 Å².